The van der Waals surface area contributed by atoms with E-state index in [1.54, 1.807) is 0 Å². The Morgan fingerprint density at radius 3 is 2.02 bits per heavy atom. The van der Waals surface area contributed by atoms with Crippen LogP contribution >= 0.6 is 11.3 Å². The average Bonchev–Trinajstić information content (AvgIpc) is 3.40. The predicted octanol–water partition coefficient (Wildman–Crippen LogP) is 10.9. The molecule has 0 aliphatic rings. The zero-order valence-electron chi connectivity index (χ0n) is 21.7. The van der Waals surface area contributed by atoms with E-state index in [1.165, 1.54) is 52.8 Å². The van der Waals surface area contributed by atoms with Crippen LogP contribution in [-0.2, 0) is 0 Å². The lowest BCUT2D eigenvalue weighted by Crippen LogP contribution is -2.09. The summed E-state index contributed by atoms with van der Waals surface area (Å²) in [5, 5.41) is 7.49. The van der Waals surface area contributed by atoms with Crippen molar-refractivity contribution in [2.75, 3.05) is 4.90 Å². The van der Waals surface area contributed by atoms with Crippen LogP contribution in [0.3, 0.4) is 0 Å². The average molecular weight is 529 g/mol. The summed E-state index contributed by atoms with van der Waals surface area (Å²) >= 11 is 1.82. The smallest absolute Gasteiger partial charge is 0.0468 e. The number of pyridine rings is 1. The van der Waals surface area contributed by atoms with Gasteiger partial charge in [0.05, 0.1) is 0 Å². The van der Waals surface area contributed by atoms with Gasteiger partial charge in [-0.05, 0) is 81.2 Å². The van der Waals surface area contributed by atoms with Gasteiger partial charge in [-0.15, -0.1) is 11.3 Å². The highest BCUT2D eigenvalue weighted by Gasteiger charge is 2.16. The highest BCUT2D eigenvalue weighted by Crippen LogP contribution is 2.41. The molecule has 2 aromatic heterocycles. The third-order valence-corrected chi connectivity index (χ3v) is 8.88. The summed E-state index contributed by atoms with van der Waals surface area (Å²) in [6.07, 6.45) is 3.86. The first-order valence-electron chi connectivity index (χ1n) is 13.5. The molecule has 0 saturated carbocycles. The first-order chi connectivity index (χ1) is 19.8. The van der Waals surface area contributed by atoms with Crippen LogP contribution in [0.5, 0.6) is 0 Å². The second-order valence-corrected chi connectivity index (χ2v) is 11.2. The molecule has 0 N–H and O–H groups in total. The quantitative estimate of drug-likeness (QED) is 0.211. The second-order valence-electron chi connectivity index (χ2n) is 10.1. The summed E-state index contributed by atoms with van der Waals surface area (Å²) in [5.74, 6) is 0. The van der Waals surface area contributed by atoms with Gasteiger partial charge < -0.3 is 4.90 Å². The van der Waals surface area contributed by atoms with Crippen molar-refractivity contribution in [1.82, 2.24) is 4.98 Å². The summed E-state index contributed by atoms with van der Waals surface area (Å²) in [6.45, 7) is 0. The molecule has 2 nitrogen and oxygen atoms in total. The number of hydrogen-bond acceptors (Lipinski definition) is 3. The zero-order chi connectivity index (χ0) is 26.5. The number of aromatic nitrogens is 1. The first kappa shape index (κ1) is 22.9. The molecule has 8 rings (SSSR count). The number of fused-ring (bicyclic) bond motifs is 6. The van der Waals surface area contributed by atoms with E-state index in [4.69, 9.17) is 0 Å². The van der Waals surface area contributed by atoms with Gasteiger partial charge in [-0.2, -0.15) is 0 Å². The van der Waals surface area contributed by atoms with Gasteiger partial charge in [-0.1, -0.05) is 84.9 Å². The van der Waals surface area contributed by atoms with Crippen LogP contribution < -0.4 is 4.90 Å². The molecule has 6 aromatic carbocycles. The number of anilines is 3. The number of rotatable bonds is 4. The minimum Gasteiger partial charge on any atom is -0.310 e. The summed E-state index contributed by atoms with van der Waals surface area (Å²) in [5.41, 5.74) is 5.81. The van der Waals surface area contributed by atoms with Crippen molar-refractivity contribution >= 4 is 70.1 Å². The normalized spacial score (nSPS) is 11.5. The van der Waals surface area contributed by atoms with Gasteiger partial charge in [0.1, 0.15) is 0 Å². The van der Waals surface area contributed by atoms with Crippen molar-refractivity contribution in [2.45, 2.75) is 0 Å². The van der Waals surface area contributed by atoms with E-state index < -0.39 is 0 Å². The lowest BCUT2D eigenvalue weighted by atomic mass is 10.0. The summed E-state index contributed by atoms with van der Waals surface area (Å²) < 4.78 is 2.54. The van der Waals surface area contributed by atoms with E-state index >= 15 is 0 Å². The Labute approximate surface area is 236 Å². The Balaban J connectivity index is 1.32. The highest BCUT2D eigenvalue weighted by atomic mass is 32.1. The summed E-state index contributed by atoms with van der Waals surface area (Å²) in [6, 6.07) is 48.2. The van der Waals surface area contributed by atoms with Gasteiger partial charge >= 0.3 is 0 Å². The van der Waals surface area contributed by atoms with E-state index in [-0.39, 0.29) is 0 Å². The van der Waals surface area contributed by atoms with Crippen molar-refractivity contribution in [3.8, 4) is 11.1 Å². The fourth-order valence-corrected chi connectivity index (χ4v) is 6.82. The van der Waals surface area contributed by atoms with E-state index in [0.29, 0.717) is 0 Å². The third kappa shape index (κ3) is 3.83. The van der Waals surface area contributed by atoms with Crippen LogP contribution in [0.25, 0.3) is 52.8 Å². The maximum absolute atomic E-state index is 4.42. The fourth-order valence-electron chi connectivity index (χ4n) is 5.77. The lowest BCUT2D eigenvalue weighted by molar-refractivity contribution is 1.30. The molecule has 8 aromatic rings. The van der Waals surface area contributed by atoms with Crippen molar-refractivity contribution in [3.05, 3.63) is 146 Å². The molecule has 188 valence electrons. The van der Waals surface area contributed by atoms with Crippen LogP contribution in [0.4, 0.5) is 17.1 Å². The Hall–Kier alpha value is -4.99. The number of thiophene rings is 1. The molecular weight excluding hydrogens is 504 g/mol. The Morgan fingerprint density at radius 1 is 0.450 bits per heavy atom. The SMILES string of the molecule is c1ccc(-c2ccc(N(c3ccc4c(ccc5ccccc54)c3)c3ccc4sc5ccncc5c4c3)cc2)cc1. The molecule has 0 aliphatic heterocycles. The topological polar surface area (TPSA) is 16.1 Å². The van der Waals surface area contributed by atoms with Gasteiger partial charge in [-0.25, -0.2) is 0 Å². The molecule has 40 heavy (non-hydrogen) atoms. The summed E-state index contributed by atoms with van der Waals surface area (Å²) in [4.78, 5) is 6.78. The second kappa shape index (κ2) is 9.33. The van der Waals surface area contributed by atoms with Crippen molar-refractivity contribution in [3.63, 3.8) is 0 Å². The van der Waals surface area contributed by atoms with Crippen LogP contribution in [-0.4, -0.2) is 4.98 Å². The molecule has 0 unspecified atom stereocenters. The molecule has 0 saturated heterocycles. The van der Waals surface area contributed by atoms with E-state index in [2.05, 4.69) is 143 Å². The molecule has 0 aliphatic carbocycles. The van der Waals surface area contributed by atoms with Gasteiger partial charge in [0.15, 0.2) is 0 Å². The van der Waals surface area contributed by atoms with Crippen molar-refractivity contribution in [2.24, 2.45) is 0 Å². The Morgan fingerprint density at radius 2 is 1.12 bits per heavy atom. The largest absolute Gasteiger partial charge is 0.310 e. The Kier molecular flexibility index (Phi) is 5.35. The number of hydrogen-bond donors (Lipinski definition) is 0. The highest BCUT2D eigenvalue weighted by molar-refractivity contribution is 7.25. The van der Waals surface area contributed by atoms with E-state index in [1.807, 2.05) is 23.7 Å². The lowest BCUT2D eigenvalue weighted by Gasteiger charge is -2.26. The van der Waals surface area contributed by atoms with Crippen LogP contribution in [0.15, 0.2) is 146 Å². The Bertz CT molecular complexity index is 2160. The molecule has 0 spiro atoms. The molecule has 0 fully saturated rings. The molecule has 3 heteroatoms. The van der Waals surface area contributed by atoms with Gasteiger partial charge in [-0.3, -0.25) is 4.98 Å². The van der Waals surface area contributed by atoms with Crippen LogP contribution in [0, 0.1) is 0 Å². The molecule has 2 heterocycles. The molecular formula is C37H24N2S. The van der Waals surface area contributed by atoms with Crippen LogP contribution in [0.1, 0.15) is 0 Å². The number of benzene rings is 6. The molecule has 0 radical (unpaired) electrons. The first-order valence-corrected chi connectivity index (χ1v) is 14.3. The molecule has 0 amide bonds. The van der Waals surface area contributed by atoms with Gasteiger partial charge in [0.2, 0.25) is 0 Å². The van der Waals surface area contributed by atoms with Crippen molar-refractivity contribution < 1.29 is 0 Å². The van der Waals surface area contributed by atoms with E-state index in [0.717, 1.165) is 17.1 Å². The molecule has 0 atom stereocenters. The maximum atomic E-state index is 4.42. The summed E-state index contributed by atoms with van der Waals surface area (Å²) in [7, 11) is 0. The van der Waals surface area contributed by atoms with Gasteiger partial charge in [0.25, 0.3) is 0 Å². The molecule has 0 bridgehead atoms. The minimum absolute atomic E-state index is 1.12. The van der Waals surface area contributed by atoms with Crippen LogP contribution in [0.2, 0.25) is 0 Å². The standard InChI is InChI=1S/C37H24N2S/c1-2-6-25(7-3-1)26-12-14-29(15-13-26)39(31-17-19-36-34(23-31)35-24-38-21-20-37(35)40-36)30-16-18-33-28(22-30)11-10-27-8-4-5-9-32(27)33/h1-24H. The third-order valence-electron chi connectivity index (χ3n) is 7.73. The fraction of sp³-hybridized carbons (Fsp3) is 0. The predicted molar refractivity (Wildman–Crippen MR) is 172 cm³/mol. The maximum Gasteiger partial charge on any atom is 0.0468 e. The minimum atomic E-state index is 1.12. The van der Waals surface area contributed by atoms with Gasteiger partial charge in [0, 0.05) is 49.6 Å². The zero-order valence-corrected chi connectivity index (χ0v) is 22.5. The van der Waals surface area contributed by atoms with Crippen molar-refractivity contribution in [1.29, 1.82) is 0 Å². The number of nitrogens with zero attached hydrogens (tertiary/aromatic N) is 2. The van der Waals surface area contributed by atoms with E-state index in [9.17, 15) is 0 Å². The monoisotopic (exact) mass is 528 g/mol.